The molecule has 1 atom stereocenters. The lowest BCUT2D eigenvalue weighted by molar-refractivity contribution is 0.331. The van der Waals surface area contributed by atoms with Crippen LogP contribution in [0.4, 0.5) is 13.2 Å². The van der Waals surface area contributed by atoms with Gasteiger partial charge in [0.2, 0.25) is 0 Å². The van der Waals surface area contributed by atoms with E-state index >= 15 is 0 Å². The van der Waals surface area contributed by atoms with Gasteiger partial charge in [-0.2, -0.15) is 0 Å². The Balaban J connectivity index is 1.32. The van der Waals surface area contributed by atoms with Crippen molar-refractivity contribution in [3.05, 3.63) is 89.3 Å². The summed E-state index contributed by atoms with van der Waals surface area (Å²) >= 11 is 0. The lowest BCUT2D eigenvalue weighted by Crippen LogP contribution is -2.09. The highest BCUT2D eigenvalue weighted by Gasteiger charge is 2.30. The quantitative estimate of drug-likeness (QED) is 0.357. The second kappa shape index (κ2) is 9.18. The first-order valence-electron chi connectivity index (χ1n) is 11.7. The number of allylic oxidation sites excluding steroid dienone is 1. The average molecular weight is 449 g/mol. The van der Waals surface area contributed by atoms with E-state index in [1.54, 1.807) is 42.5 Å². The Morgan fingerprint density at radius 2 is 1.45 bits per heavy atom. The zero-order valence-corrected chi connectivity index (χ0v) is 18.7. The molecular formula is C29H27F3O. The third-order valence-electron chi connectivity index (χ3n) is 6.93. The Labute approximate surface area is 192 Å². The fourth-order valence-corrected chi connectivity index (χ4v) is 4.67. The normalized spacial score (nSPS) is 22.6. The van der Waals surface area contributed by atoms with E-state index in [9.17, 15) is 13.2 Å². The zero-order chi connectivity index (χ0) is 22.9. The minimum Gasteiger partial charge on any atom is -0.368 e. The van der Waals surface area contributed by atoms with Gasteiger partial charge in [0.15, 0.2) is 11.6 Å². The molecule has 5 rings (SSSR count). The molecule has 2 aliphatic rings. The van der Waals surface area contributed by atoms with E-state index in [1.807, 2.05) is 12.1 Å². The first-order valence-corrected chi connectivity index (χ1v) is 11.7. The smallest absolute Gasteiger partial charge is 0.167 e. The molecule has 0 radical (unpaired) electrons. The van der Waals surface area contributed by atoms with Gasteiger partial charge in [-0.3, -0.25) is 0 Å². The first-order chi connectivity index (χ1) is 16.0. The highest BCUT2D eigenvalue weighted by atomic mass is 19.2. The van der Waals surface area contributed by atoms with Gasteiger partial charge < -0.3 is 4.74 Å². The summed E-state index contributed by atoms with van der Waals surface area (Å²) in [5.41, 5.74) is 3.18. The van der Waals surface area contributed by atoms with Crippen LogP contribution in [0.3, 0.4) is 0 Å². The summed E-state index contributed by atoms with van der Waals surface area (Å²) in [5, 5.41) is 0. The molecule has 170 valence electrons. The summed E-state index contributed by atoms with van der Waals surface area (Å²) in [5.74, 6) is -0.658. The molecule has 1 unspecified atom stereocenters. The Hall–Kier alpha value is -2.85. The van der Waals surface area contributed by atoms with Gasteiger partial charge >= 0.3 is 0 Å². The highest BCUT2D eigenvalue weighted by Crippen LogP contribution is 2.36. The minimum atomic E-state index is -0.870. The fraction of sp³-hybridized carbons (Fsp3) is 0.310. The molecule has 1 heterocycles. The van der Waals surface area contributed by atoms with Crippen molar-refractivity contribution in [1.29, 1.82) is 0 Å². The van der Waals surface area contributed by atoms with E-state index < -0.39 is 11.6 Å². The van der Waals surface area contributed by atoms with Crippen molar-refractivity contribution in [2.75, 3.05) is 6.61 Å². The molecule has 33 heavy (non-hydrogen) atoms. The van der Waals surface area contributed by atoms with Gasteiger partial charge in [0.25, 0.3) is 0 Å². The van der Waals surface area contributed by atoms with E-state index in [4.69, 9.17) is 4.74 Å². The summed E-state index contributed by atoms with van der Waals surface area (Å²) in [4.78, 5) is 0. The van der Waals surface area contributed by atoms with Crippen LogP contribution >= 0.6 is 0 Å². The molecule has 4 heteroatoms. The van der Waals surface area contributed by atoms with Crippen molar-refractivity contribution >= 4 is 6.08 Å². The van der Waals surface area contributed by atoms with Crippen LogP contribution in [0.5, 0.6) is 0 Å². The van der Waals surface area contributed by atoms with Crippen LogP contribution in [-0.2, 0) is 4.74 Å². The Bertz CT molecular complexity index is 1170. The maximum atomic E-state index is 14.7. The molecule has 1 nitrogen and oxygen atoms in total. The fourth-order valence-electron chi connectivity index (χ4n) is 4.67. The lowest BCUT2D eigenvalue weighted by atomic mass is 9.83. The maximum absolute atomic E-state index is 14.7. The molecule has 0 amide bonds. The first kappa shape index (κ1) is 22.0. The Morgan fingerprint density at radius 1 is 0.788 bits per heavy atom. The van der Waals surface area contributed by atoms with E-state index in [0.717, 1.165) is 17.0 Å². The van der Waals surface area contributed by atoms with Crippen LogP contribution in [0.25, 0.3) is 28.3 Å². The van der Waals surface area contributed by atoms with Gasteiger partial charge in [0.05, 0.1) is 6.61 Å². The molecule has 0 bridgehead atoms. The summed E-state index contributed by atoms with van der Waals surface area (Å²) in [6.07, 6.45) is 8.53. The summed E-state index contributed by atoms with van der Waals surface area (Å²) in [7, 11) is 0. The van der Waals surface area contributed by atoms with Crippen LogP contribution in [0.15, 0.2) is 60.7 Å². The number of halogens is 3. The summed E-state index contributed by atoms with van der Waals surface area (Å²) in [6, 6.07) is 15.5. The number of benzene rings is 3. The van der Waals surface area contributed by atoms with E-state index in [-0.39, 0.29) is 23.0 Å². The molecular weight excluding hydrogens is 421 g/mol. The van der Waals surface area contributed by atoms with Crippen LogP contribution in [0.2, 0.25) is 0 Å². The van der Waals surface area contributed by atoms with Crippen LogP contribution < -0.4 is 0 Å². The van der Waals surface area contributed by atoms with E-state index in [2.05, 4.69) is 13.0 Å². The highest BCUT2D eigenvalue weighted by molar-refractivity contribution is 5.72. The van der Waals surface area contributed by atoms with Crippen molar-refractivity contribution in [2.45, 2.75) is 38.7 Å². The number of hydrogen-bond donors (Lipinski definition) is 0. The van der Waals surface area contributed by atoms with Crippen LogP contribution in [0.1, 0.15) is 49.8 Å². The molecule has 0 aromatic heterocycles. The zero-order valence-electron chi connectivity index (χ0n) is 18.7. The second-order valence-corrected chi connectivity index (χ2v) is 9.35. The van der Waals surface area contributed by atoms with Crippen molar-refractivity contribution < 1.29 is 17.9 Å². The molecule has 1 saturated heterocycles. The van der Waals surface area contributed by atoms with Gasteiger partial charge in [-0.25, -0.2) is 13.2 Å². The molecule has 1 aliphatic carbocycles. The van der Waals surface area contributed by atoms with Gasteiger partial charge in [-0.05, 0) is 47.4 Å². The predicted octanol–water partition coefficient (Wildman–Crippen LogP) is 8.35. The largest absolute Gasteiger partial charge is 0.368 e. The predicted molar refractivity (Wildman–Crippen MR) is 126 cm³/mol. The number of rotatable bonds is 5. The standard InChI is InChI=1S/C29H27F3O/c1-18-2-4-19(5-3-18)6-7-22-12-13-23(16-26(22)30)20-8-10-21(11-9-20)24-14-15-25(27-17-33-27)29(32)28(24)31/h6-16,18-19,27H,2-5,17H2,1H3/b7-6+. The van der Waals surface area contributed by atoms with Crippen LogP contribution in [-0.4, -0.2) is 6.61 Å². The molecule has 3 aromatic rings. The van der Waals surface area contributed by atoms with Gasteiger partial charge in [-0.1, -0.05) is 80.4 Å². The SMILES string of the molecule is CC1CCC(/C=C/c2ccc(-c3ccc(-c4ccc(C5CO5)c(F)c4F)cc3)cc2F)CC1. The molecule has 2 fully saturated rings. The molecule has 1 saturated carbocycles. The van der Waals surface area contributed by atoms with E-state index in [0.29, 0.717) is 23.7 Å². The molecule has 1 aliphatic heterocycles. The second-order valence-electron chi connectivity index (χ2n) is 9.35. The van der Waals surface area contributed by atoms with Gasteiger partial charge in [0, 0.05) is 16.7 Å². The molecule has 3 aromatic carbocycles. The van der Waals surface area contributed by atoms with Gasteiger partial charge in [0.1, 0.15) is 11.9 Å². The third kappa shape index (κ3) is 4.77. The topological polar surface area (TPSA) is 12.5 Å². The maximum Gasteiger partial charge on any atom is 0.167 e. The average Bonchev–Trinajstić information content (AvgIpc) is 3.67. The number of epoxide rings is 1. The molecule has 0 spiro atoms. The number of hydrogen-bond acceptors (Lipinski definition) is 1. The monoisotopic (exact) mass is 448 g/mol. The Kier molecular flexibility index (Phi) is 6.11. The van der Waals surface area contributed by atoms with Crippen molar-refractivity contribution in [3.8, 4) is 22.3 Å². The minimum absolute atomic E-state index is 0.201. The molecule has 0 N–H and O–H groups in total. The lowest BCUT2D eigenvalue weighted by Gasteiger charge is -2.23. The van der Waals surface area contributed by atoms with Crippen molar-refractivity contribution in [3.63, 3.8) is 0 Å². The third-order valence-corrected chi connectivity index (χ3v) is 6.93. The summed E-state index contributed by atoms with van der Waals surface area (Å²) < 4.78 is 48.8. The Morgan fingerprint density at radius 3 is 2.12 bits per heavy atom. The van der Waals surface area contributed by atoms with E-state index in [1.165, 1.54) is 31.7 Å². The van der Waals surface area contributed by atoms with Crippen LogP contribution in [0, 0.1) is 29.3 Å². The van der Waals surface area contributed by atoms with Crippen molar-refractivity contribution in [1.82, 2.24) is 0 Å². The number of ether oxygens (including phenoxy) is 1. The van der Waals surface area contributed by atoms with Crippen molar-refractivity contribution in [2.24, 2.45) is 11.8 Å². The van der Waals surface area contributed by atoms with Gasteiger partial charge in [-0.15, -0.1) is 0 Å². The summed E-state index contributed by atoms with van der Waals surface area (Å²) in [6.45, 7) is 2.72.